The van der Waals surface area contributed by atoms with Gasteiger partial charge in [-0.2, -0.15) is 0 Å². The van der Waals surface area contributed by atoms with Crippen LogP contribution in [0.3, 0.4) is 0 Å². The van der Waals surface area contributed by atoms with Crippen molar-refractivity contribution < 1.29 is 4.92 Å². The predicted molar refractivity (Wildman–Crippen MR) is 76.2 cm³/mol. The average Bonchev–Trinajstić information content (AvgIpc) is 2.89. The number of rotatable bonds is 6. The maximum absolute atomic E-state index is 10.9. The monoisotopic (exact) mass is 324 g/mol. The third-order valence-electron chi connectivity index (χ3n) is 2.62. The van der Waals surface area contributed by atoms with Gasteiger partial charge < -0.3 is 10.3 Å². The van der Waals surface area contributed by atoms with Crippen LogP contribution in [-0.2, 0) is 6.42 Å². The molecule has 7 heteroatoms. The number of anilines is 1. The van der Waals surface area contributed by atoms with E-state index in [1.807, 2.05) is 0 Å². The van der Waals surface area contributed by atoms with Crippen LogP contribution >= 0.6 is 15.9 Å². The van der Waals surface area contributed by atoms with E-state index < -0.39 is 0 Å². The number of hydrogen-bond acceptors (Lipinski definition) is 4. The van der Waals surface area contributed by atoms with Crippen LogP contribution in [0.1, 0.15) is 12.2 Å². The molecule has 0 amide bonds. The number of nitro benzene ring substituents is 1. The van der Waals surface area contributed by atoms with Crippen molar-refractivity contribution in [3.05, 3.63) is 51.0 Å². The molecule has 0 radical (unpaired) electrons. The highest BCUT2D eigenvalue weighted by Gasteiger charge is 2.13. The number of aromatic nitrogens is 2. The second kappa shape index (κ2) is 6.33. The summed E-state index contributed by atoms with van der Waals surface area (Å²) >= 11 is 3.23. The van der Waals surface area contributed by atoms with Crippen molar-refractivity contribution in [2.75, 3.05) is 11.9 Å². The number of hydrogen-bond donors (Lipinski definition) is 2. The molecule has 0 bridgehead atoms. The van der Waals surface area contributed by atoms with Crippen molar-refractivity contribution in [1.82, 2.24) is 9.97 Å². The molecule has 2 N–H and O–H groups in total. The molecule has 100 valence electrons. The molecular formula is C12H13BrN4O2. The smallest absolute Gasteiger partial charge is 0.293 e. The maximum Gasteiger partial charge on any atom is 0.293 e. The highest BCUT2D eigenvalue weighted by molar-refractivity contribution is 9.10. The minimum Gasteiger partial charge on any atom is -0.379 e. The Kier molecular flexibility index (Phi) is 4.51. The Morgan fingerprint density at radius 1 is 1.47 bits per heavy atom. The Morgan fingerprint density at radius 3 is 3.00 bits per heavy atom. The number of nitrogens with one attached hydrogen (secondary N) is 2. The molecule has 0 fully saturated rings. The summed E-state index contributed by atoms with van der Waals surface area (Å²) in [5.74, 6) is 0.923. The summed E-state index contributed by atoms with van der Waals surface area (Å²) < 4.78 is 0.695. The molecule has 2 rings (SSSR count). The largest absolute Gasteiger partial charge is 0.379 e. The van der Waals surface area contributed by atoms with Crippen molar-refractivity contribution in [3.8, 4) is 0 Å². The lowest BCUT2D eigenvalue weighted by molar-refractivity contribution is -0.384. The molecule has 0 saturated carbocycles. The normalized spacial score (nSPS) is 10.4. The zero-order chi connectivity index (χ0) is 13.7. The number of nitrogens with zero attached hydrogens (tertiary/aromatic N) is 2. The molecular weight excluding hydrogens is 312 g/mol. The number of aryl methyl sites for hydroxylation is 1. The van der Waals surface area contributed by atoms with E-state index in [2.05, 4.69) is 31.2 Å². The first-order valence-electron chi connectivity index (χ1n) is 5.83. The van der Waals surface area contributed by atoms with E-state index >= 15 is 0 Å². The predicted octanol–water partition coefficient (Wildman–Crippen LogP) is 3.13. The van der Waals surface area contributed by atoms with Crippen LogP contribution < -0.4 is 5.32 Å². The summed E-state index contributed by atoms with van der Waals surface area (Å²) in [6.45, 7) is 0.656. The SMILES string of the molecule is O=[N+]([O-])c1cc(Br)ccc1NCCCc1ncc[nH]1. The first-order chi connectivity index (χ1) is 9.16. The molecule has 6 nitrogen and oxygen atoms in total. The standard InChI is InChI=1S/C12H13BrN4O2/c13-9-3-4-10(11(8-9)17(18)19)14-5-1-2-12-15-6-7-16-12/h3-4,6-8,14H,1-2,5H2,(H,15,16). The van der Waals surface area contributed by atoms with Crippen molar-refractivity contribution in [2.24, 2.45) is 0 Å². The molecule has 0 aliphatic carbocycles. The lowest BCUT2D eigenvalue weighted by Crippen LogP contribution is -2.05. The van der Waals surface area contributed by atoms with Gasteiger partial charge in [0.05, 0.1) is 4.92 Å². The zero-order valence-electron chi connectivity index (χ0n) is 10.1. The topological polar surface area (TPSA) is 83.8 Å². The van der Waals surface area contributed by atoms with Gasteiger partial charge in [0.2, 0.25) is 0 Å². The third-order valence-corrected chi connectivity index (χ3v) is 3.11. The summed E-state index contributed by atoms with van der Waals surface area (Å²) in [4.78, 5) is 17.7. The number of imidazole rings is 1. The van der Waals surface area contributed by atoms with Crippen LogP contribution in [0.25, 0.3) is 0 Å². The van der Waals surface area contributed by atoms with Gasteiger partial charge in [0.1, 0.15) is 11.5 Å². The van der Waals surface area contributed by atoms with E-state index in [-0.39, 0.29) is 10.6 Å². The van der Waals surface area contributed by atoms with Crippen LogP contribution in [-0.4, -0.2) is 21.4 Å². The number of halogens is 1. The fourth-order valence-corrected chi connectivity index (χ4v) is 2.07. The molecule has 0 aliphatic rings. The van der Waals surface area contributed by atoms with Gasteiger partial charge in [-0.3, -0.25) is 10.1 Å². The molecule has 0 atom stereocenters. The van der Waals surface area contributed by atoms with Gasteiger partial charge in [-0.05, 0) is 18.6 Å². The van der Waals surface area contributed by atoms with Crippen molar-refractivity contribution in [2.45, 2.75) is 12.8 Å². The van der Waals surface area contributed by atoms with E-state index in [0.717, 1.165) is 18.7 Å². The molecule has 0 saturated heterocycles. The van der Waals surface area contributed by atoms with Gasteiger partial charge in [0.15, 0.2) is 0 Å². The van der Waals surface area contributed by atoms with Crippen LogP contribution in [0.4, 0.5) is 11.4 Å². The number of H-pyrrole nitrogens is 1. The number of nitro groups is 1. The minimum absolute atomic E-state index is 0.0763. The Balaban J connectivity index is 1.90. The summed E-state index contributed by atoms with van der Waals surface area (Å²) in [5, 5.41) is 14.0. The molecule has 1 aromatic heterocycles. The number of benzene rings is 1. The van der Waals surface area contributed by atoms with Gasteiger partial charge in [-0.25, -0.2) is 4.98 Å². The molecule has 1 heterocycles. The lowest BCUT2D eigenvalue weighted by atomic mass is 10.2. The lowest BCUT2D eigenvalue weighted by Gasteiger charge is -2.06. The molecule has 2 aromatic rings. The van der Waals surface area contributed by atoms with E-state index in [1.165, 1.54) is 6.07 Å². The second-order valence-corrected chi connectivity index (χ2v) is 4.90. The van der Waals surface area contributed by atoms with Crippen LogP contribution in [0.5, 0.6) is 0 Å². The highest BCUT2D eigenvalue weighted by Crippen LogP contribution is 2.27. The molecule has 1 aromatic carbocycles. The molecule has 0 unspecified atom stereocenters. The summed E-state index contributed by atoms with van der Waals surface area (Å²) in [6.07, 6.45) is 5.15. The summed E-state index contributed by atoms with van der Waals surface area (Å²) in [7, 11) is 0. The van der Waals surface area contributed by atoms with E-state index in [1.54, 1.807) is 24.5 Å². The highest BCUT2D eigenvalue weighted by atomic mass is 79.9. The zero-order valence-corrected chi connectivity index (χ0v) is 11.7. The first kappa shape index (κ1) is 13.5. The number of aromatic amines is 1. The van der Waals surface area contributed by atoms with Crippen LogP contribution in [0.15, 0.2) is 35.1 Å². The Labute approximate surface area is 118 Å². The third kappa shape index (κ3) is 3.78. The van der Waals surface area contributed by atoms with E-state index in [0.29, 0.717) is 16.7 Å². The van der Waals surface area contributed by atoms with Crippen molar-refractivity contribution in [3.63, 3.8) is 0 Å². The Morgan fingerprint density at radius 2 is 2.32 bits per heavy atom. The van der Waals surface area contributed by atoms with Gasteiger partial charge in [0.25, 0.3) is 5.69 Å². The maximum atomic E-state index is 10.9. The van der Waals surface area contributed by atoms with Gasteiger partial charge in [-0.1, -0.05) is 15.9 Å². The van der Waals surface area contributed by atoms with E-state index in [9.17, 15) is 10.1 Å². The Hall–Kier alpha value is -1.89. The van der Waals surface area contributed by atoms with Gasteiger partial charge in [0, 0.05) is 35.9 Å². The first-order valence-corrected chi connectivity index (χ1v) is 6.62. The second-order valence-electron chi connectivity index (χ2n) is 3.98. The molecule has 0 spiro atoms. The van der Waals surface area contributed by atoms with Crippen molar-refractivity contribution >= 4 is 27.3 Å². The van der Waals surface area contributed by atoms with Gasteiger partial charge in [-0.15, -0.1) is 0 Å². The van der Waals surface area contributed by atoms with Gasteiger partial charge >= 0.3 is 0 Å². The average molecular weight is 325 g/mol. The van der Waals surface area contributed by atoms with Crippen molar-refractivity contribution in [1.29, 1.82) is 0 Å². The molecule has 19 heavy (non-hydrogen) atoms. The van der Waals surface area contributed by atoms with Crippen LogP contribution in [0.2, 0.25) is 0 Å². The fourth-order valence-electron chi connectivity index (χ4n) is 1.72. The van der Waals surface area contributed by atoms with Crippen LogP contribution in [0, 0.1) is 10.1 Å². The summed E-state index contributed by atoms with van der Waals surface area (Å²) in [5.41, 5.74) is 0.611. The fraction of sp³-hybridized carbons (Fsp3) is 0.250. The quantitative estimate of drug-likeness (QED) is 0.485. The minimum atomic E-state index is -0.389. The van der Waals surface area contributed by atoms with E-state index in [4.69, 9.17) is 0 Å². The Bertz CT molecular complexity index is 557. The summed E-state index contributed by atoms with van der Waals surface area (Å²) in [6, 6.07) is 4.98. The molecule has 0 aliphatic heterocycles.